The number of unbranched alkanes of at least 4 members (excludes halogenated alkanes) is 2. The van der Waals surface area contributed by atoms with Gasteiger partial charge in [0.2, 0.25) is 0 Å². The van der Waals surface area contributed by atoms with Gasteiger partial charge in [-0.2, -0.15) is 0 Å². The molecule has 0 atom stereocenters. The third-order valence-electron chi connectivity index (χ3n) is 3.84. The summed E-state index contributed by atoms with van der Waals surface area (Å²) in [5, 5.41) is 18.5. The smallest absolute Gasteiger partial charge is 0.145 e. The molecule has 1 aromatic carbocycles. The van der Waals surface area contributed by atoms with Crippen LogP contribution in [0.2, 0.25) is 0 Å². The highest BCUT2D eigenvalue weighted by molar-refractivity contribution is 6.23. The first-order valence-corrected chi connectivity index (χ1v) is 7.41. The fraction of sp³-hybridized carbons (Fsp3) is 0.375. The number of fused-ring (bicyclic) bond motifs is 1. The zero-order valence-electron chi connectivity index (χ0n) is 12.2. The van der Waals surface area contributed by atoms with Crippen LogP contribution in [0, 0.1) is 5.41 Å². The van der Waals surface area contributed by atoms with E-state index >= 15 is 0 Å². The normalized spacial score (nSPS) is 15.5. The summed E-state index contributed by atoms with van der Waals surface area (Å²) < 4.78 is 0. The molecule has 5 heteroatoms. The molecule has 0 aliphatic carbocycles. The molecule has 1 aliphatic rings. The monoisotopic (exact) mass is 284 g/mol. The lowest BCUT2D eigenvalue weighted by Gasteiger charge is -2.17. The van der Waals surface area contributed by atoms with Crippen molar-refractivity contribution >= 4 is 22.4 Å². The fourth-order valence-electron chi connectivity index (χ4n) is 2.70. The summed E-state index contributed by atoms with van der Waals surface area (Å²) in [5.74, 6) is 1.18. The number of aliphatic hydroxyl groups is 1. The number of hydrogen-bond acceptors (Lipinski definition) is 3. The maximum Gasteiger partial charge on any atom is 0.145 e. The molecule has 2 aromatic rings. The highest BCUT2D eigenvalue weighted by Crippen LogP contribution is 2.27. The van der Waals surface area contributed by atoms with Gasteiger partial charge in [0.1, 0.15) is 17.4 Å². The Morgan fingerprint density at radius 2 is 2.14 bits per heavy atom. The molecule has 0 unspecified atom stereocenters. The maximum absolute atomic E-state index is 10.2. The summed E-state index contributed by atoms with van der Waals surface area (Å²) in [4.78, 5) is 9.59. The second kappa shape index (κ2) is 5.60. The van der Waals surface area contributed by atoms with Gasteiger partial charge in [0.15, 0.2) is 0 Å². The molecular formula is C16H20N4O. The molecule has 0 fully saturated rings. The van der Waals surface area contributed by atoms with Gasteiger partial charge in [-0.05, 0) is 18.6 Å². The molecule has 21 heavy (non-hydrogen) atoms. The molecule has 3 rings (SSSR count). The Balaban J connectivity index is 1.84. The van der Waals surface area contributed by atoms with E-state index in [0.29, 0.717) is 23.8 Å². The van der Waals surface area contributed by atoms with E-state index in [4.69, 9.17) is 5.41 Å². The number of aromatic nitrogens is 2. The number of aromatic amines is 1. The van der Waals surface area contributed by atoms with Crippen LogP contribution in [-0.4, -0.2) is 38.9 Å². The van der Waals surface area contributed by atoms with Crippen molar-refractivity contribution in [1.29, 1.82) is 5.41 Å². The van der Waals surface area contributed by atoms with Gasteiger partial charge in [-0.25, -0.2) is 4.98 Å². The first-order chi connectivity index (χ1) is 10.2. The van der Waals surface area contributed by atoms with Crippen molar-refractivity contribution in [3.05, 3.63) is 35.8 Å². The van der Waals surface area contributed by atoms with Gasteiger partial charge in [-0.3, -0.25) is 5.41 Å². The van der Waals surface area contributed by atoms with Crippen LogP contribution < -0.4 is 0 Å². The van der Waals surface area contributed by atoms with Crippen molar-refractivity contribution in [1.82, 2.24) is 14.9 Å². The van der Waals surface area contributed by atoms with Crippen LogP contribution >= 0.6 is 0 Å². The van der Waals surface area contributed by atoms with Gasteiger partial charge >= 0.3 is 0 Å². The van der Waals surface area contributed by atoms with Crippen molar-refractivity contribution in [2.75, 3.05) is 13.1 Å². The van der Waals surface area contributed by atoms with E-state index in [1.54, 1.807) is 0 Å². The average Bonchev–Trinajstić information content (AvgIpc) is 3.00. The Labute approximate surface area is 123 Å². The molecule has 3 N–H and O–H groups in total. The van der Waals surface area contributed by atoms with Crippen molar-refractivity contribution < 1.29 is 5.11 Å². The van der Waals surface area contributed by atoms with E-state index in [-0.39, 0.29) is 5.76 Å². The minimum Gasteiger partial charge on any atom is -0.510 e. The predicted molar refractivity (Wildman–Crippen MR) is 84.5 cm³/mol. The summed E-state index contributed by atoms with van der Waals surface area (Å²) in [6.45, 7) is 3.38. The van der Waals surface area contributed by atoms with Crippen LogP contribution in [0.15, 0.2) is 30.0 Å². The Hall–Kier alpha value is -2.30. The minimum absolute atomic E-state index is 0.232. The van der Waals surface area contributed by atoms with E-state index in [1.807, 2.05) is 29.2 Å². The van der Waals surface area contributed by atoms with Crippen molar-refractivity contribution in [3.8, 4) is 0 Å². The fourth-order valence-corrected chi connectivity index (χ4v) is 2.70. The van der Waals surface area contributed by atoms with Crippen LogP contribution in [0.1, 0.15) is 32.0 Å². The molecule has 1 aliphatic heterocycles. The quantitative estimate of drug-likeness (QED) is 0.737. The zero-order valence-corrected chi connectivity index (χ0v) is 12.2. The highest BCUT2D eigenvalue weighted by atomic mass is 16.3. The van der Waals surface area contributed by atoms with Crippen molar-refractivity contribution in [2.45, 2.75) is 26.2 Å². The second-order valence-electron chi connectivity index (χ2n) is 5.40. The number of rotatable bonds is 5. The van der Waals surface area contributed by atoms with Crippen LogP contribution in [0.5, 0.6) is 0 Å². The molecule has 0 saturated heterocycles. The maximum atomic E-state index is 10.2. The Kier molecular flexibility index (Phi) is 3.64. The summed E-state index contributed by atoms with van der Waals surface area (Å²) in [6, 6.07) is 7.74. The second-order valence-corrected chi connectivity index (χ2v) is 5.40. The summed E-state index contributed by atoms with van der Waals surface area (Å²) in [7, 11) is 0. The first kappa shape index (κ1) is 13.7. The summed E-state index contributed by atoms with van der Waals surface area (Å²) in [5.41, 5.74) is 2.30. The third kappa shape index (κ3) is 2.51. The van der Waals surface area contributed by atoms with Crippen LogP contribution in [0.4, 0.5) is 0 Å². The van der Waals surface area contributed by atoms with Crippen molar-refractivity contribution in [2.24, 2.45) is 0 Å². The number of nitrogens with one attached hydrogen (secondary N) is 2. The number of H-pyrrole nitrogens is 1. The lowest BCUT2D eigenvalue weighted by atomic mass is 10.2. The predicted octanol–water partition coefficient (Wildman–Crippen LogP) is 3.32. The molecule has 110 valence electrons. The van der Waals surface area contributed by atoms with Gasteiger partial charge in [-0.1, -0.05) is 31.9 Å². The number of hydrogen-bond donors (Lipinski definition) is 3. The molecular weight excluding hydrogens is 264 g/mol. The van der Waals surface area contributed by atoms with E-state index < -0.39 is 0 Å². The molecule has 2 heterocycles. The lowest BCUT2D eigenvalue weighted by molar-refractivity contribution is 0.345. The van der Waals surface area contributed by atoms with E-state index in [2.05, 4.69) is 16.9 Å². The number of nitrogens with zero attached hydrogens (tertiary/aromatic N) is 2. The minimum atomic E-state index is 0.232. The molecule has 1 aromatic heterocycles. The van der Waals surface area contributed by atoms with E-state index in [1.165, 1.54) is 0 Å². The van der Waals surface area contributed by atoms with Gasteiger partial charge in [0.25, 0.3) is 0 Å². The Morgan fingerprint density at radius 1 is 1.33 bits per heavy atom. The first-order valence-electron chi connectivity index (χ1n) is 7.41. The standard InChI is InChI=1S/C16H20N4O/c1-2-3-6-9-20-10-13(21)14(15(20)17)16-18-11-7-4-5-8-12(11)19-16/h4-5,7-8,17,21H,2-3,6,9-10H2,1H3,(H,18,19). The van der Waals surface area contributed by atoms with Crippen LogP contribution in [0.25, 0.3) is 16.6 Å². The number of benzene rings is 1. The molecule has 0 amide bonds. The number of para-hydroxylation sites is 2. The summed E-state index contributed by atoms with van der Waals surface area (Å²) in [6.07, 6.45) is 3.33. The zero-order chi connectivity index (χ0) is 14.8. The van der Waals surface area contributed by atoms with Gasteiger partial charge in [0.05, 0.1) is 23.2 Å². The number of amidine groups is 1. The highest BCUT2D eigenvalue weighted by Gasteiger charge is 2.29. The van der Waals surface area contributed by atoms with Gasteiger partial charge in [-0.15, -0.1) is 0 Å². The molecule has 5 nitrogen and oxygen atoms in total. The van der Waals surface area contributed by atoms with Gasteiger partial charge in [0, 0.05) is 6.54 Å². The topological polar surface area (TPSA) is 76.0 Å². The van der Waals surface area contributed by atoms with Crippen molar-refractivity contribution in [3.63, 3.8) is 0 Å². The third-order valence-corrected chi connectivity index (χ3v) is 3.84. The molecule has 0 bridgehead atoms. The average molecular weight is 284 g/mol. The Bertz CT molecular complexity index is 668. The number of imidazole rings is 1. The molecule has 0 spiro atoms. The van der Waals surface area contributed by atoms with Gasteiger partial charge < -0.3 is 15.0 Å². The van der Waals surface area contributed by atoms with E-state index in [0.717, 1.165) is 36.8 Å². The molecule has 0 radical (unpaired) electrons. The molecule has 0 saturated carbocycles. The SMILES string of the molecule is CCCCCN1CC(O)=C(c2nc3ccccc3[nH]2)C1=N. The lowest BCUT2D eigenvalue weighted by Crippen LogP contribution is -2.27. The van der Waals surface area contributed by atoms with E-state index in [9.17, 15) is 5.11 Å². The number of aliphatic hydroxyl groups excluding tert-OH is 1. The largest absolute Gasteiger partial charge is 0.510 e. The van der Waals surface area contributed by atoms with Crippen LogP contribution in [0.3, 0.4) is 0 Å². The Morgan fingerprint density at radius 3 is 2.90 bits per heavy atom. The van der Waals surface area contributed by atoms with Crippen LogP contribution in [-0.2, 0) is 0 Å². The summed E-state index contributed by atoms with van der Waals surface area (Å²) >= 11 is 0.